The van der Waals surface area contributed by atoms with Gasteiger partial charge in [-0.1, -0.05) is 6.92 Å². The van der Waals surface area contributed by atoms with Gasteiger partial charge in [-0.3, -0.25) is 0 Å². The topological polar surface area (TPSA) is 9.23 Å². The number of ether oxygens (including phenoxy) is 1. The van der Waals surface area contributed by atoms with Crippen molar-refractivity contribution in [1.29, 1.82) is 0 Å². The van der Waals surface area contributed by atoms with E-state index in [1.54, 1.807) is 0 Å². The SMILES string of the molecule is [CH2]COCCC.[Zn]. The summed E-state index contributed by atoms with van der Waals surface area (Å²) in [7, 11) is 0. The molecule has 0 unspecified atom stereocenters. The molecule has 0 aromatic rings. The minimum atomic E-state index is 0. The van der Waals surface area contributed by atoms with E-state index in [9.17, 15) is 0 Å². The second kappa shape index (κ2) is 9.77. The van der Waals surface area contributed by atoms with Gasteiger partial charge in [0.15, 0.2) is 0 Å². The van der Waals surface area contributed by atoms with Crippen molar-refractivity contribution in [3.05, 3.63) is 6.92 Å². The van der Waals surface area contributed by atoms with Gasteiger partial charge in [0.2, 0.25) is 0 Å². The van der Waals surface area contributed by atoms with E-state index in [1.807, 2.05) is 0 Å². The third-order valence-corrected chi connectivity index (χ3v) is 0.493. The third-order valence-electron chi connectivity index (χ3n) is 0.493. The van der Waals surface area contributed by atoms with Crippen LogP contribution < -0.4 is 0 Å². The average Bonchev–Trinajstić information content (AvgIpc) is 1.61. The predicted molar refractivity (Wildman–Crippen MR) is 26.5 cm³/mol. The molecule has 1 radical (unpaired) electrons. The molecule has 0 amide bonds. The Hall–Kier alpha value is 0.583. The van der Waals surface area contributed by atoms with Crippen LogP contribution in [-0.2, 0) is 24.2 Å². The summed E-state index contributed by atoms with van der Waals surface area (Å²) in [4.78, 5) is 0. The average molecular weight is 153 g/mol. The van der Waals surface area contributed by atoms with Crippen molar-refractivity contribution in [2.24, 2.45) is 0 Å². The molecule has 0 rings (SSSR count). The van der Waals surface area contributed by atoms with Gasteiger partial charge in [-0.25, -0.2) is 0 Å². The number of hydrogen-bond donors (Lipinski definition) is 0. The molecule has 1 nitrogen and oxygen atoms in total. The first-order valence-electron chi connectivity index (χ1n) is 2.28. The first-order valence-corrected chi connectivity index (χ1v) is 2.28. The maximum absolute atomic E-state index is 4.87. The van der Waals surface area contributed by atoms with Crippen molar-refractivity contribution < 1.29 is 24.2 Å². The van der Waals surface area contributed by atoms with E-state index in [-0.39, 0.29) is 19.5 Å². The van der Waals surface area contributed by atoms with Crippen molar-refractivity contribution in [3.63, 3.8) is 0 Å². The first-order chi connectivity index (χ1) is 2.91. The smallest absolute Gasteiger partial charge is 0.0466 e. The van der Waals surface area contributed by atoms with Gasteiger partial charge in [-0.2, -0.15) is 0 Å². The van der Waals surface area contributed by atoms with Gasteiger partial charge >= 0.3 is 0 Å². The van der Waals surface area contributed by atoms with Crippen molar-refractivity contribution in [2.45, 2.75) is 13.3 Å². The predicted octanol–water partition coefficient (Wildman–Crippen LogP) is 1.24. The fourth-order valence-corrected chi connectivity index (χ4v) is 0.246. The number of hydrogen-bond acceptors (Lipinski definition) is 1. The summed E-state index contributed by atoms with van der Waals surface area (Å²) < 4.78 is 4.87. The van der Waals surface area contributed by atoms with E-state index in [0.717, 1.165) is 13.0 Å². The minimum absolute atomic E-state index is 0. The summed E-state index contributed by atoms with van der Waals surface area (Å²) in [5.41, 5.74) is 0. The van der Waals surface area contributed by atoms with Gasteiger partial charge in [-0.15, -0.1) is 0 Å². The molecular formula is C5H11OZn. The van der Waals surface area contributed by atoms with Crippen LogP contribution in [0.15, 0.2) is 0 Å². The van der Waals surface area contributed by atoms with Gasteiger partial charge < -0.3 is 4.74 Å². The summed E-state index contributed by atoms with van der Waals surface area (Å²) in [5, 5.41) is 0. The Bertz CT molecular complexity index is 20.0. The van der Waals surface area contributed by atoms with Gasteiger partial charge in [0.05, 0.1) is 0 Å². The zero-order valence-corrected chi connectivity index (χ0v) is 7.91. The van der Waals surface area contributed by atoms with Gasteiger partial charge in [0, 0.05) is 32.7 Å². The van der Waals surface area contributed by atoms with Crippen molar-refractivity contribution in [1.82, 2.24) is 0 Å². The van der Waals surface area contributed by atoms with E-state index < -0.39 is 0 Å². The molecule has 0 spiro atoms. The van der Waals surface area contributed by atoms with E-state index in [4.69, 9.17) is 4.74 Å². The second-order valence-corrected chi connectivity index (χ2v) is 1.11. The maximum atomic E-state index is 4.87. The van der Waals surface area contributed by atoms with Crippen LogP contribution in [0.2, 0.25) is 0 Å². The van der Waals surface area contributed by atoms with Gasteiger partial charge in [0.25, 0.3) is 0 Å². The molecule has 0 saturated carbocycles. The standard InChI is InChI=1S/C5H11O.Zn/c1-3-5-6-4-2;/h2-5H2,1H3;. The van der Waals surface area contributed by atoms with Crippen LogP contribution in [0.25, 0.3) is 0 Å². The van der Waals surface area contributed by atoms with Crippen LogP contribution in [0, 0.1) is 6.92 Å². The van der Waals surface area contributed by atoms with Gasteiger partial charge in [-0.05, 0) is 13.3 Å². The fourth-order valence-electron chi connectivity index (χ4n) is 0.246. The van der Waals surface area contributed by atoms with Crippen molar-refractivity contribution in [2.75, 3.05) is 13.2 Å². The second-order valence-electron chi connectivity index (χ2n) is 1.11. The molecule has 0 aromatic heterocycles. The molecule has 2 heteroatoms. The Kier molecular flexibility index (Phi) is 14.7. The zero-order valence-electron chi connectivity index (χ0n) is 4.94. The molecule has 0 aliphatic carbocycles. The van der Waals surface area contributed by atoms with E-state index >= 15 is 0 Å². The maximum Gasteiger partial charge on any atom is 0.0466 e. The molecule has 0 bridgehead atoms. The van der Waals surface area contributed by atoms with Crippen molar-refractivity contribution >= 4 is 0 Å². The quantitative estimate of drug-likeness (QED) is 0.437. The third kappa shape index (κ3) is 10.8. The molecule has 0 atom stereocenters. The zero-order chi connectivity index (χ0) is 4.83. The molecule has 7 heavy (non-hydrogen) atoms. The van der Waals surface area contributed by atoms with E-state index in [0.29, 0.717) is 6.61 Å². The normalized spacial score (nSPS) is 7.71. The van der Waals surface area contributed by atoms with E-state index in [2.05, 4.69) is 13.8 Å². The summed E-state index contributed by atoms with van der Waals surface area (Å²) in [6, 6.07) is 0. The Morgan fingerprint density at radius 3 is 2.29 bits per heavy atom. The Morgan fingerprint density at radius 1 is 1.57 bits per heavy atom. The van der Waals surface area contributed by atoms with Gasteiger partial charge in [0.1, 0.15) is 0 Å². The number of rotatable bonds is 3. The van der Waals surface area contributed by atoms with Crippen LogP contribution in [0.4, 0.5) is 0 Å². The summed E-state index contributed by atoms with van der Waals surface area (Å²) in [5.74, 6) is 0. The summed E-state index contributed by atoms with van der Waals surface area (Å²) in [6.07, 6.45) is 1.09. The molecule has 39 valence electrons. The molecule has 0 saturated heterocycles. The monoisotopic (exact) mass is 151 g/mol. The largest absolute Gasteiger partial charge is 0.381 e. The van der Waals surface area contributed by atoms with E-state index in [1.165, 1.54) is 0 Å². The summed E-state index contributed by atoms with van der Waals surface area (Å²) >= 11 is 0. The van der Waals surface area contributed by atoms with Crippen LogP contribution in [0.5, 0.6) is 0 Å². The summed E-state index contributed by atoms with van der Waals surface area (Å²) in [6.45, 7) is 7.04. The van der Waals surface area contributed by atoms with Crippen LogP contribution in [0.1, 0.15) is 13.3 Å². The molecule has 0 heterocycles. The molecule has 0 aliphatic rings. The van der Waals surface area contributed by atoms with Crippen molar-refractivity contribution in [3.8, 4) is 0 Å². The van der Waals surface area contributed by atoms with Crippen LogP contribution in [-0.4, -0.2) is 13.2 Å². The molecule has 0 aromatic carbocycles. The fraction of sp³-hybridized carbons (Fsp3) is 0.800. The Morgan fingerprint density at radius 2 is 2.14 bits per heavy atom. The Balaban J connectivity index is 0. The minimum Gasteiger partial charge on any atom is -0.381 e. The van der Waals surface area contributed by atoms with Crippen LogP contribution in [0.3, 0.4) is 0 Å². The first kappa shape index (κ1) is 10.5. The molecule has 0 fully saturated rings. The van der Waals surface area contributed by atoms with Crippen LogP contribution >= 0.6 is 0 Å². The molecule has 0 N–H and O–H groups in total. The molecular weight excluding hydrogens is 141 g/mol. The Labute approximate surface area is 58.2 Å². The molecule has 0 aliphatic heterocycles.